The lowest BCUT2D eigenvalue weighted by Crippen LogP contribution is -2.09. The minimum Gasteiger partial charge on any atom is -0.324 e. The summed E-state index contributed by atoms with van der Waals surface area (Å²) in [5.74, 6) is -0.512. The highest BCUT2D eigenvalue weighted by Crippen LogP contribution is 2.17. The Balaban J connectivity index is 3.01. The number of nitriles is 1. The van der Waals surface area contributed by atoms with Crippen molar-refractivity contribution >= 4 is 0 Å². The quantitative estimate of drug-likeness (QED) is 0.743. The molecule has 0 aliphatic rings. The van der Waals surface area contributed by atoms with Crippen LogP contribution in [0.4, 0.5) is 4.39 Å². The van der Waals surface area contributed by atoms with E-state index in [1.165, 1.54) is 12.1 Å². The van der Waals surface area contributed by atoms with Gasteiger partial charge in [-0.3, -0.25) is 0 Å². The molecular formula is C11H11FN2. The number of nitrogens with zero attached hydrogens (tertiary/aromatic N) is 1. The van der Waals surface area contributed by atoms with E-state index in [0.717, 1.165) is 5.56 Å². The first-order chi connectivity index (χ1) is 6.69. The summed E-state index contributed by atoms with van der Waals surface area (Å²) in [5, 5.41) is 8.60. The van der Waals surface area contributed by atoms with E-state index in [1.54, 1.807) is 18.2 Å². The first kappa shape index (κ1) is 10.4. The molecule has 0 aliphatic heterocycles. The number of halogens is 1. The standard InChI is InChI=1S/C11H11FN2/c1-2-3-11(14)8-4-5-10(12)9(6-8)7-13/h2,4-6,11H,1,3,14H2. The highest BCUT2D eigenvalue weighted by atomic mass is 19.1. The molecule has 0 aromatic heterocycles. The fourth-order valence-electron chi connectivity index (χ4n) is 1.17. The van der Waals surface area contributed by atoms with Crippen LogP contribution in [0.3, 0.4) is 0 Å². The van der Waals surface area contributed by atoms with Crippen LogP contribution in [0.1, 0.15) is 23.6 Å². The summed E-state index contributed by atoms with van der Waals surface area (Å²) in [6.07, 6.45) is 2.30. The minimum atomic E-state index is -0.512. The van der Waals surface area contributed by atoms with E-state index < -0.39 is 5.82 Å². The van der Waals surface area contributed by atoms with Crippen LogP contribution in [0.5, 0.6) is 0 Å². The first-order valence-electron chi connectivity index (χ1n) is 4.25. The second-order valence-corrected chi connectivity index (χ2v) is 2.98. The summed E-state index contributed by atoms with van der Waals surface area (Å²) in [7, 11) is 0. The number of nitrogens with two attached hydrogens (primary N) is 1. The van der Waals surface area contributed by atoms with Crippen molar-refractivity contribution in [3.63, 3.8) is 0 Å². The molecule has 0 amide bonds. The molecular weight excluding hydrogens is 179 g/mol. The molecule has 14 heavy (non-hydrogen) atoms. The summed E-state index contributed by atoms with van der Waals surface area (Å²) < 4.78 is 12.9. The van der Waals surface area contributed by atoms with E-state index in [0.29, 0.717) is 6.42 Å². The predicted octanol–water partition coefficient (Wildman–Crippen LogP) is 2.27. The van der Waals surface area contributed by atoms with Crippen LogP contribution in [0.2, 0.25) is 0 Å². The van der Waals surface area contributed by atoms with Crippen molar-refractivity contribution in [2.24, 2.45) is 5.73 Å². The SMILES string of the molecule is C=CCC(N)c1ccc(F)c(C#N)c1. The van der Waals surface area contributed by atoms with Crippen LogP contribution >= 0.6 is 0 Å². The van der Waals surface area contributed by atoms with Gasteiger partial charge in [0, 0.05) is 6.04 Å². The molecule has 0 aliphatic carbocycles. The molecule has 0 fully saturated rings. The van der Waals surface area contributed by atoms with Gasteiger partial charge in [0.05, 0.1) is 5.56 Å². The van der Waals surface area contributed by atoms with E-state index in [9.17, 15) is 4.39 Å². The molecule has 0 heterocycles. The lowest BCUT2D eigenvalue weighted by Gasteiger charge is -2.09. The number of hydrogen-bond donors (Lipinski definition) is 1. The zero-order valence-electron chi connectivity index (χ0n) is 7.70. The van der Waals surface area contributed by atoms with Crippen LogP contribution in [0.25, 0.3) is 0 Å². The highest BCUT2D eigenvalue weighted by Gasteiger charge is 2.07. The van der Waals surface area contributed by atoms with Crippen LogP contribution in [0.15, 0.2) is 30.9 Å². The Labute approximate surface area is 82.5 Å². The highest BCUT2D eigenvalue weighted by molar-refractivity contribution is 5.35. The molecule has 0 saturated carbocycles. The van der Waals surface area contributed by atoms with E-state index in [4.69, 9.17) is 11.0 Å². The molecule has 1 aromatic carbocycles. The zero-order valence-corrected chi connectivity index (χ0v) is 7.70. The Kier molecular flexibility index (Phi) is 3.38. The van der Waals surface area contributed by atoms with Crippen molar-refractivity contribution in [2.45, 2.75) is 12.5 Å². The van der Waals surface area contributed by atoms with Gasteiger partial charge in [-0.05, 0) is 24.1 Å². The smallest absolute Gasteiger partial charge is 0.140 e. The van der Waals surface area contributed by atoms with E-state index in [1.807, 2.05) is 0 Å². The van der Waals surface area contributed by atoms with Crippen LogP contribution in [-0.2, 0) is 0 Å². The average Bonchev–Trinajstić information content (AvgIpc) is 2.19. The van der Waals surface area contributed by atoms with Gasteiger partial charge < -0.3 is 5.73 Å². The lowest BCUT2D eigenvalue weighted by molar-refractivity contribution is 0.621. The van der Waals surface area contributed by atoms with Gasteiger partial charge in [0.15, 0.2) is 0 Å². The van der Waals surface area contributed by atoms with Crippen molar-refractivity contribution in [3.8, 4) is 6.07 Å². The maximum atomic E-state index is 12.9. The van der Waals surface area contributed by atoms with Gasteiger partial charge in [-0.2, -0.15) is 5.26 Å². The molecule has 3 heteroatoms. The molecule has 1 atom stereocenters. The van der Waals surface area contributed by atoms with Gasteiger partial charge in [-0.1, -0.05) is 12.1 Å². The lowest BCUT2D eigenvalue weighted by atomic mass is 10.0. The van der Waals surface area contributed by atoms with E-state index >= 15 is 0 Å². The minimum absolute atomic E-state index is 0.0296. The normalized spacial score (nSPS) is 11.8. The number of rotatable bonds is 3. The monoisotopic (exact) mass is 190 g/mol. The van der Waals surface area contributed by atoms with Gasteiger partial charge in [-0.25, -0.2) is 4.39 Å². The van der Waals surface area contributed by atoms with E-state index in [-0.39, 0.29) is 11.6 Å². The summed E-state index contributed by atoms with van der Waals surface area (Å²) in [6, 6.07) is 5.88. The molecule has 1 unspecified atom stereocenters. The molecule has 72 valence electrons. The fraction of sp³-hybridized carbons (Fsp3) is 0.182. The van der Waals surface area contributed by atoms with Crippen LogP contribution in [-0.4, -0.2) is 0 Å². The molecule has 2 N–H and O–H groups in total. The molecule has 0 radical (unpaired) electrons. The molecule has 1 aromatic rings. The third-order valence-corrected chi connectivity index (χ3v) is 1.96. The Morgan fingerprint density at radius 1 is 1.64 bits per heavy atom. The van der Waals surface area contributed by atoms with Crippen molar-refractivity contribution in [1.82, 2.24) is 0 Å². The summed E-state index contributed by atoms with van der Waals surface area (Å²) >= 11 is 0. The fourth-order valence-corrected chi connectivity index (χ4v) is 1.17. The van der Waals surface area contributed by atoms with Crippen molar-refractivity contribution in [1.29, 1.82) is 5.26 Å². The van der Waals surface area contributed by atoms with Crippen molar-refractivity contribution in [3.05, 3.63) is 47.8 Å². The predicted molar refractivity (Wildman–Crippen MR) is 52.9 cm³/mol. The summed E-state index contributed by atoms with van der Waals surface area (Å²) in [5.41, 5.74) is 6.56. The van der Waals surface area contributed by atoms with Crippen LogP contribution < -0.4 is 5.73 Å². The van der Waals surface area contributed by atoms with Crippen molar-refractivity contribution in [2.75, 3.05) is 0 Å². The van der Waals surface area contributed by atoms with E-state index in [2.05, 4.69) is 6.58 Å². The summed E-state index contributed by atoms with van der Waals surface area (Å²) in [4.78, 5) is 0. The topological polar surface area (TPSA) is 49.8 Å². The molecule has 2 nitrogen and oxygen atoms in total. The first-order valence-corrected chi connectivity index (χ1v) is 4.25. The van der Waals surface area contributed by atoms with Gasteiger partial charge in [0.2, 0.25) is 0 Å². The zero-order chi connectivity index (χ0) is 10.6. The van der Waals surface area contributed by atoms with Crippen molar-refractivity contribution < 1.29 is 4.39 Å². The van der Waals surface area contributed by atoms with Gasteiger partial charge in [0.1, 0.15) is 11.9 Å². The second kappa shape index (κ2) is 4.54. The second-order valence-electron chi connectivity index (χ2n) is 2.98. The Hall–Kier alpha value is -1.66. The largest absolute Gasteiger partial charge is 0.324 e. The van der Waals surface area contributed by atoms with Gasteiger partial charge in [-0.15, -0.1) is 6.58 Å². The third-order valence-electron chi connectivity index (χ3n) is 1.96. The molecule has 0 spiro atoms. The third kappa shape index (κ3) is 2.18. The molecule has 1 rings (SSSR count). The maximum absolute atomic E-state index is 12.9. The Morgan fingerprint density at radius 2 is 2.36 bits per heavy atom. The molecule has 0 bridgehead atoms. The molecule has 0 saturated heterocycles. The summed E-state index contributed by atoms with van der Waals surface area (Å²) in [6.45, 7) is 3.57. The number of hydrogen-bond acceptors (Lipinski definition) is 2. The van der Waals surface area contributed by atoms with Gasteiger partial charge >= 0.3 is 0 Å². The maximum Gasteiger partial charge on any atom is 0.140 e. The Bertz CT molecular complexity index is 379. The van der Waals surface area contributed by atoms with Gasteiger partial charge in [0.25, 0.3) is 0 Å². The van der Waals surface area contributed by atoms with Crippen LogP contribution in [0, 0.1) is 17.1 Å². The average molecular weight is 190 g/mol. The number of benzene rings is 1. The Morgan fingerprint density at radius 3 is 2.93 bits per heavy atom.